The maximum absolute atomic E-state index is 2.43. The summed E-state index contributed by atoms with van der Waals surface area (Å²) in [4.78, 5) is 2.74. The summed E-state index contributed by atoms with van der Waals surface area (Å²) in [5.74, 6) is 0.431. The van der Waals surface area contributed by atoms with Gasteiger partial charge in [-0.3, -0.25) is 0 Å². The number of thioether (sulfide) groups is 1. The van der Waals surface area contributed by atoms with Crippen molar-refractivity contribution < 1.29 is 0 Å². The topological polar surface area (TPSA) is 0 Å². The van der Waals surface area contributed by atoms with Crippen LogP contribution in [0.3, 0.4) is 0 Å². The molecule has 1 aliphatic carbocycles. The van der Waals surface area contributed by atoms with Crippen molar-refractivity contribution in [2.24, 2.45) is 0 Å². The second-order valence-corrected chi connectivity index (χ2v) is 8.61. The van der Waals surface area contributed by atoms with Crippen molar-refractivity contribution in [2.75, 3.05) is 0 Å². The van der Waals surface area contributed by atoms with Gasteiger partial charge in [0.15, 0.2) is 0 Å². The fraction of sp³-hybridized carbons (Fsp3) is 0.111. The molecule has 0 saturated heterocycles. The lowest BCUT2D eigenvalue weighted by Crippen LogP contribution is -2.04. The lowest BCUT2D eigenvalue weighted by Gasteiger charge is -2.25. The summed E-state index contributed by atoms with van der Waals surface area (Å²) in [7, 11) is 0. The Labute approximate surface area is 171 Å². The van der Waals surface area contributed by atoms with Crippen molar-refractivity contribution in [1.29, 1.82) is 0 Å². The maximum Gasteiger partial charge on any atom is 0.0160 e. The zero-order valence-electron chi connectivity index (χ0n) is 15.9. The second-order valence-electron chi connectivity index (χ2n) is 7.49. The predicted molar refractivity (Wildman–Crippen MR) is 121 cm³/mol. The standard InChI is InChI=1S/C27H22S/c1-19-7-9-22(10-8-19)23-14-16-27-26(18-23)24-12-11-21(13-15-25(17-24)28-27)20-5-3-2-4-6-20/h2-11,13-18,24H,12H2,1H3/b15-13-,21-11+. The smallest absolute Gasteiger partial charge is 0.0160 e. The summed E-state index contributed by atoms with van der Waals surface area (Å²) < 4.78 is 0. The molecule has 3 aromatic rings. The van der Waals surface area contributed by atoms with Crippen molar-refractivity contribution in [3.8, 4) is 11.1 Å². The molecule has 1 unspecified atom stereocenters. The first-order chi connectivity index (χ1) is 13.8. The molecule has 28 heavy (non-hydrogen) atoms. The van der Waals surface area contributed by atoms with Gasteiger partial charge in [0.1, 0.15) is 0 Å². The van der Waals surface area contributed by atoms with Gasteiger partial charge in [0.25, 0.3) is 0 Å². The molecule has 0 amide bonds. The number of allylic oxidation sites excluding steroid dienone is 5. The monoisotopic (exact) mass is 378 g/mol. The first-order valence-electron chi connectivity index (χ1n) is 9.80. The summed E-state index contributed by atoms with van der Waals surface area (Å²) in [6, 6.07) is 26.5. The van der Waals surface area contributed by atoms with E-state index in [1.807, 2.05) is 11.8 Å². The molecule has 0 radical (unpaired) electrons. The first kappa shape index (κ1) is 17.3. The Morgan fingerprint density at radius 1 is 0.786 bits per heavy atom. The predicted octanol–water partition coefficient (Wildman–Crippen LogP) is 7.78. The zero-order chi connectivity index (χ0) is 18.9. The zero-order valence-corrected chi connectivity index (χ0v) is 16.7. The number of aryl methyl sites for hydroxylation is 1. The van der Waals surface area contributed by atoms with Crippen molar-refractivity contribution >= 4 is 17.3 Å². The molecule has 5 rings (SSSR count). The molecule has 1 heterocycles. The molecular weight excluding hydrogens is 356 g/mol. The Morgan fingerprint density at radius 2 is 1.57 bits per heavy atom. The summed E-state index contributed by atoms with van der Waals surface area (Å²) in [6.07, 6.45) is 10.4. The van der Waals surface area contributed by atoms with Crippen molar-refractivity contribution in [3.63, 3.8) is 0 Å². The van der Waals surface area contributed by atoms with Crippen LogP contribution in [0.25, 0.3) is 16.7 Å². The molecule has 136 valence electrons. The molecule has 2 bridgehead atoms. The van der Waals surface area contributed by atoms with Gasteiger partial charge in [-0.25, -0.2) is 0 Å². The number of fused-ring (bicyclic) bond motifs is 3. The van der Waals surface area contributed by atoms with E-state index >= 15 is 0 Å². The molecule has 0 N–H and O–H groups in total. The van der Waals surface area contributed by atoms with Gasteiger partial charge >= 0.3 is 0 Å². The first-order valence-corrected chi connectivity index (χ1v) is 10.6. The van der Waals surface area contributed by atoms with E-state index in [0.29, 0.717) is 5.92 Å². The van der Waals surface area contributed by atoms with Crippen LogP contribution in [0.5, 0.6) is 0 Å². The fourth-order valence-electron chi connectivity index (χ4n) is 3.93. The van der Waals surface area contributed by atoms with Crippen LogP contribution in [-0.4, -0.2) is 0 Å². The Hall–Kier alpha value is -2.77. The Bertz CT molecular complexity index is 1100. The van der Waals surface area contributed by atoms with E-state index in [4.69, 9.17) is 0 Å². The Kier molecular flexibility index (Phi) is 4.54. The third kappa shape index (κ3) is 3.39. The van der Waals surface area contributed by atoms with Crippen LogP contribution < -0.4 is 0 Å². The van der Waals surface area contributed by atoms with Gasteiger partial charge in [-0.15, -0.1) is 0 Å². The number of hydrogen-bond acceptors (Lipinski definition) is 1. The highest BCUT2D eigenvalue weighted by Crippen LogP contribution is 2.45. The minimum Gasteiger partial charge on any atom is -0.0901 e. The van der Waals surface area contributed by atoms with Gasteiger partial charge in [0.05, 0.1) is 0 Å². The Morgan fingerprint density at radius 3 is 2.39 bits per heavy atom. The van der Waals surface area contributed by atoms with Crippen LogP contribution in [0.2, 0.25) is 0 Å². The summed E-state index contributed by atoms with van der Waals surface area (Å²) in [6.45, 7) is 2.14. The normalized spacial score (nSPS) is 20.8. The number of benzene rings is 3. The van der Waals surface area contributed by atoms with Gasteiger partial charge in [-0.1, -0.05) is 96.2 Å². The average Bonchev–Trinajstić information content (AvgIpc) is 2.73. The lowest BCUT2D eigenvalue weighted by molar-refractivity contribution is 0.835. The van der Waals surface area contributed by atoms with E-state index in [9.17, 15) is 0 Å². The van der Waals surface area contributed by atoms with Gasteiger partial charge in [0, 0.05) is 15.7 Å². The highest BCUT2D eigenvalue weighted by atomic mass is 32.2. The second kappa shape index (κ2) is 7.33. The van der Waals surface area contributed by atoms with Crippen molar-refractivity contribution in [2.45, 2.75) is 24.2 Å². The molecule has 1 heteroatoms. The molecule has 1 atom stereocenters. The maximum atomic E-state index is 2.43. The molecule has 0 spiro atoms. The molecule has 0 saturated carbocycles. The van der Waals surface area contributed by atoms with Crippen LogP contribution in [0.1, 0.15) is 29.0 Å². The lowest BCUT2D eigenvalue weighted by atomic mass is 9.89. The van der Waals surface area contributed by atoms with E-state index in [1.54, 1.807) is 0 Å². The van der Waals surface area contributed by atoms with Gasteiger partial charge < -0.3 is 0 Å². The quantitative estimate of drug-likeness (QED) is 0.439. The van der Waals surface area contributed by atoms with Crippen LogP contribution in [0, 0.1) is 6.92 Å². The minimum absolute atomic E-state index is 0.431. The Balaban J connectivity index is 1.52. The summed E-state index contributed by atoms with van der Waals surface area (Å²) >= 11 is 1.89. The molecular formula is C27H22S. The van der Waals surface area contributed by atoms with Gasteiger partial charge in [0.2, 0.25) is 0 Å². The van der Waals surface area contributed by atoms with E-state index in [0.717, 1.165) is 6.42 Å². The van der Waals surface area contributed by atoms with E-state index in [1.165, 1.54) is 43.2 Å². The van der Waals surface area contributed by atoms with Crippen molar-refractivity contribution in [1.82, 2.24) is 0 Å². The fourth-order valence-corrected chi connectivity index (χ4v) is 5.02. The highest BCUT2D eigenvalue weighted by Gasteiger charge is 2.21. The number of hydrogen-bond donors (Lipinski definition) is 0. The minimum atomic E-state index is 0.431. The number of rotatable bonds is 2. The molecule has 0 aromatic heterocycles. The van der Waals surface area contributed by atoms with Crippen molar-refractivity contribution in [3.05, 3.63) is 119 Å². The largest absolute Gasteiger partial charge is 0.0901 e. The van der Waals surface area contributed by atoms with E-state index < -0.39 is 0 Å². The molecule has 0 fully saturated rings. The van der Waals surface area contributed by atoms with E-state index in [2.05, 4.69) is 104 Å². The van der Waals surface area contributed by atoms with E-state index in [-0.39, 0.29) is 0 Å². The van der Waals surface area contributed by atoms with Gasteiger partial charge in [-0.2, -0.15) is 0 Å². The molecule has 2 aliphatic rings. The van der Waals surface area contributed by atoms with Crippen LogP contribution in [0.4, 0.5) is 0 Å². The van der Waals surface area contributed by atoms with Crippen LogP contribution in [-0.2, 0) is 0 Å². The molecule has 1 aliphatic heterocycles. The van der Waals surface area contributed by atoms with Crippen LogP contribution >= 0.6 is 11.8 Å². The molecule has 0 nitrogen and oxygen atoms in total. The summed E-state index contributed by atoms with van der Waals surface area (Å²) in [5.41, 5.74) is 7.95. The van der Waals surface area contributed by atoms with Gasteiger partial charge in [-0.05, 0) is 59.4 Å². The highest BCUT2D eigenvalue weighted by molar-refractivity contribution is 8.03. The molecule has 3 aromatic carbocycles. The third-order valence-electron chi connectivity index (χ3n) is 5.51. The SMILES string of the molecule is Cc1ccc(-c2ccc3c(c2)C2C=C(/C=C\C(c4ccccc4)=C/C2)S3)cc1. The average molecular weight is 379 g/mol. The third-order valence-corrected chi connectivity index (χ3v) is 6.61. The van der Waals surface area contributed by atoms with Crippen LogP contribution in [0.15, 0.2) is 107 Å². The summed E-state index contributed by atoms with van der Waals surface area (Å²) in [5, 5.41) is 0.